The molecule has 0 spiro atoms. The zero-order valence-corrected chi connectivity index (χ0v) is 19.5. The zero-order valence-electron chi connectivity index (χ0n) is 18.7. The van der Waals surface area contributed by atoms with Gasteiger partial charge in [0, 0.05) is 34.5 Å². The molecule has 0 radical (unpaired) electrons. The zero-order chi connectivity index (χ0) is 23.9. The third-order valence-electron chi connectivity index (χ3n) is 6.54. The highest BCUT2D eigenvalue weighted by Gasteiger charge is 2.40. The van der Waals surface area contributed by atoms with Gasteiger partial charge in [0.15, 0.2) is 0 Å². The summed E-state index contributed by atoms with van der Waals surface area (Å²) in [5.74, 6) is 0.386. The minimum absolute atomic E-state index is 0.222. The van der Waals surface area contributed by atoms with Gasteiger partial charge in [-0.15, -0.1) is 0 Å². The van der Waals surface area contributed by atoms with Gasteiger partial charge in [-0.05, 0) is 48.7 Å². The quantitative estimate of drug-likeness (QED) is 0.423. The SMILES string of the molecule is O=C([C@@H]1CCCO1)N1N=C(c2c(-c3ccccc3)c3cc(Cl)ccc3[nH]c2=O)C[C@H]1c1ccco1. The van der Waals surface area contributed by atoms with Crippen LogP contribution in [0.25, 0.3) is 22.0 Å². The van der Waals surface area contributed by atoms with E-state index in [2.05, 4.69) is 4.98 Å². The molecule has 0 aliphatic carbocycles. The molecule has 0 unspecified atom stereocenters. The summed E-state index contributed by atoms with van der Waals surface area (Å²) in [6.45, 7) is 0.551. The molecule has 4 heterocycles. The summed E-state index contributed by atoms with van der Waals surface area (Å²) < 4.78 is 11.3. The van der Waals surface area contributed by atoms with Crippen LogP contribution < -0.4 is 5.56 Å². The molecule has 0 bridgehead atoms. The highest BCUT2D eigenvalue weighted by Crippen LogP contribution is 2.38. The van der Waals surface area contributed by atoms with Gasteiger partial charge in [-0.1, -0.05) is 41.9 Å². The molecule has 2 aromatic heterocycles. The molecule has 0 saturated carbocycles. The number of hydrogen-bond donors (Lipinski definition) is 1. The number of aromatic nitrogens is 1. The van der Waals surface area contributed by atoms with E-state index in [0.717, 1.165) is 22.9 Å². The molecule has 7 nitrogen and oxygen atoms in total. The molecule has 1 saturated heterocycles. The average molecular weight is 488 g/mol. The van der Waals surface area contributed by atoms with Gasteiger partial charge in [0.25, 0.3) is 11.5 Å². The normalized spacial score (nSPS) is 19.9. The maximum Gasteiger partial charge on any atom is 0.272 e. The number of nitrogens with one attached hydrogen (secondary N) is 1. The maximum atomic E-state index is 13.5. The number of H-pyrrole nitrogens is 1. The minimum Gasteiger partial charge on any atom is -0.467 e. The smallest absolute Gasteiger partial charge is 0.272 e. The Morgan fingerprint density at radius 1 is 1.09 bits per heavy atom. The molecule has 1 amide bonds. The molecule has 1 fully saturated rings. The number of pyridine rings is 1. The van der Waals surface area contributed by atoms with Gasteiger partial charge in [-0.2, -0.15) is 5.10 Å². The number of rotatable bonds is 4. The highest BCUT2D eigenvalue weighted by atomic mass is 35.5. The monoisotopic (exact) mass is 487 g/mol. The van der Waals surface area contributed by atoms with Gasteiger partial charge >= 0.3 is 0 Å². The number of carbonyl (C=O) groups is 1. The van der Waals surface area contributed by atoms with Crippen molar-refractivity contribution in [3.05, 3.63) is 93.6 Å². The van der Waals surface area contributed by atoms with E-state index >= 15 is 0 Å². The average Bonchev–Trinajstić information content (AvgIpc) is 3.65. The molecule has 6 rings (SSSR count). The van der Waals surface area contributed by atoms with Crippen LogP contribution in [0.15, 0.2) is 81.2 Å². The van der Waals surface area contributed by atoms with Crippen molar-refractivity contribution in [3.8, 4) is 11.1 Å². The lowest BCUT2D eigenvalue weighted by Crippen LogP contribution is -2.35. The summed E-state index contributed by atoms with van der Waals surface area (Å²) in [5, 5.41) is 7.52. The molecule has 176 valence electrons. The van der Waals surface area contributed by atoms with E-state index in [1.165, 1.54) is 5.01 Å². The predicted octanol–water partition coefficient (Wildman–Crippen LogP) is 5.30. The van der Waals surface area contributed by atoms with Gasteiger partial charge in [0.2, 0.25) is 0 Å². The second kappa shape index (κ2) is 8.83. The first-order chi connectivity index (χ1) is 17.1. The van der Waals surface area contributed by atoms with Crippen molar-refractivity contribution in [2.45, 2.75) is 31.4 Å². The van der Waals surface area contributed by atoms with Crippen molar-refractivity contribution in [2.24, 2.45) is 5.10 Å². The van der Waals surface area contributed by atoms with Gasteiger partial charge in [-0.3, -0.25) is 9.59 Å². The Bertz CT molecular complexity index is 1490. The molecule has 2 aromatic carbocycles. The number of furan rings is 1. The number of amides is 1. The topological polar surface area (TPSA) is 87.9 Å². The lowest BCUT2D eigenvalue weighted by Gasteiger charge is -2.22. The number of carbonyl (C=O) groups excluding carboxylic acids is 1. The predicted molar refractivity (Wildman–Crippen MR) is 133 cm³/mol. The first kappa shape index (κ1) is 21.8. The lowest BCUT2D eigenvalue weighted by molar-refractivity contribution is -0.143. The third-order valence-corrected chi connectivity index (χ3v) is 6.78. The van der Waals surface area contributed by atoms with Crippen LogP contribution in [0.1, 0.15) is 36.6 Å². The van der Waals surface area contributed by atoms with Gasteiger partial charge in [-0.25, -0.2) is 5.01 Å². The van der Waals surface area contributed by atoms with Crippen molar-refractivity contribution >= 4 is 34.1 Å². The van der Waals surface area contributed by atoms with E-state index in [9.17, 15) is 9.59 Å². The van der Waals surface area contributed by atoms with Crippen LogP contribution >= 0.6 is 11.6 Å². The van der Waals surface area contributed by atoms with Crippen molar-refractivity contribution in [2.75, 3.05) is 6.61 Å². The van der Waals surface area contributed by atoms with Gasteiger partial charge < -0.3 is 14.1 Å². The Morgan fingerprint density at radius 2 is 1.94 bits per heavy atom. The lowest BCUT2D eigenvalue weighted by atomic mass is 9.92. The first-order valence-electron chi connectivity index (χ1n) is 11.6. The van der Waals surface area contributed by atoms with Crippen LogP contribution in [0.4, 0.5) is 0 Å². The molecule has 2 aliphatic heterocycles. The third kappa shape index (κ3) is 3.87. The van der Waals surface area contributed by atoms with Crippen LogP contribution in [-0.4, -0.2) is 34.3 Å². The Labute approximate surface area is 206 Å². The van der Waals surface area contributed by atoms with Crippen molar-refractivity contribution in [1.82, 2.24) is 9.99 Å². The van der Waals surface area contributed by atoms with E-state index < -0.39 is 12.1 Å². The van der Waals surface area contributed by atoms with Gasteiger partial charge in [0.05, 0.1) is 17.5 Å². The molecule has 8 heteroatoms. The number of benzene rings is 2. The number of halogens is 1. The molecule has 4 aromatic rings. The van der Waals surface area contributed by atoms with E-state index in [1.54, 1.807) is 24.5 Å². The molecule has 2 aliphatic rings. The largest absolute Gasteiger partial charge is 0.467 e. The number of ether oxygens (including phenoxy) is 1. The molecule has 1 N–H and O–H groups in total. The summed E-state index contributed by atoms with van der Waals surface area (Å²) in [4.78, 5) is 29.9. The van der Waals surface area contributed by atoms with E-state index in [-0.39, 0.29) is 11.5 Å². The number of hydrogen-bond acceptors (Lipinski definition) is 5. The summed E-state index contributed by atoms with van der Waals surface area (Å²) in [5.41, 5.74) is 2.93. The first-order valence-corrected chi connectivity index (χ1v) is 11.9. The Kier molecular flexibility index (Phi) is 5.51. The summed E-state index contributed by atoms with van der Waals surface area (Å²) in [6, 6.07) is 18.2. The van der Waals surface area contributed by atoms with Crippen molar-refractivity contribution in [1.29, 1.82) is 0 Å². The van der Waals surface area contributed by atoms with Crippen LogP contribution in [0.3, 0.4) is 0 Å². The Morgan fingerprint density at radius 3 is 2.69 bits per heavy atom. The van der Waals surface area contributed by atoms with E-state index in [0.29, 0.717) is 47.0 Å². The number of nitrogens with zero attached hydrogens (tertiary/aromatic N) is 2. The van der Waals surface area contributed by atoms with Crippen LogP contribution in [0.5, 0.6) is 0 Å². The number of fused-ring (bicyclic) bond motifs is 1. The maximum absolute atomic E-state index is 13.5. The highest BCUT2D eigenvalue weighted by molar-refractivity contribution is 6.31. The fraction of sp³-hybridized carbons (Fsp3) is 0.222. The fourth-order valence-corrected chi connectivity index (χ4v) is 5.10. The molecular weight excluding hydrogens is 466 g/mol. The van der Waals surface area contributed by atoms with E-state index in [4.69, 9.17) is 25.9 Å². The standard InChI is InChI=1S/C27H22ClN3O4/c28-17-10-11-19-18(14-17)24(16-6-2-1-3-7-16)25(26(32)29-19)20-15-21(22-8-4-12-34-22)31(30-20)27(33)23-9-5-13-35-23/h1-4,6-8,10-12,14,21,23H,5,9,13,15H2,(H,29,32)/t21-,23-/m0/s1. The van der Waals surface area contributed by atoms with Crippen molar-refractivity contribution < 1.29 is 13.9 Å². The minimum atomic E-state index is -0.544. The van der Waals surface area contributed by atoms with Crippen LogP contribution in [0.2, 0.25) is 5.02 Å². The molecule has 2 atom stereocenters. The Hall–Kier alpha value is -3.68. The summed E-state index contributed by atoms with van der Waals surface area (Å²) >= 11 is 6.36. The van der Waals surface area contributed by atoms with Crippen LogP contribution in [-0.2, 0) is 9.53 Å². The second-order valence-corrected chi connectivity index (χ2v) is 9.16. The molecular formula is C27H22ClN3O4. The number of aromatic amines is 1. The fourth-order valence-electron chi connectivity index (χ4n) is 4.93. The van der Waals surface area contributed by atoms with E-state index in [1.807, 2.05) is 42.5 Å². The van der Waals surface area contributed by atoms with Gasteiger partial charge in [0.1, 0.15) is 17.9 Å². The summed E-state index contributed by atoms with van der Waals surface area (Å²) in [6.07, 6.45) is 2.84. The Balaban J connectivity index is 1.55. The molecule has 35 heavy (non-hydrogen) atoms. The second-order valence-electron chi connectivity index (χ2n) is 8.73. The summed E-state index contributed by atoms with van der Waals surface area (Å²) in [7, 11) is 0. The number of hydrazone groups is 1. The van der Waals surface area contributed by atoms with Crippen molar-refractivity contribution in [3.63, 3.8) is 0 Å². The van der Waals surface area contributed by atoms with Crippen LogP contribution in [0, 0.1) is 0 Å².